The fourth-order valence-electron chi connectivity index (χ4n) is 4.78. The molecule has 5 nitrogen and oxygen atoms in total. The van der Waals surface area contributed by atoms with Gasteiger partial charge in [0.25, 0.3) is 0 Å². The molecule has 2 aromatic rings. The average Bonchev–Trinajstić information content (AvgIpc) is 3.22. The number of fused-ring (bicyclic) bond motifs is 4. The van der Waals surface area contributed by atoms with E-state index in [4.69, 9.17) is 4.74 Å². The molecule has 2 atom stereocenters. The van der Waals surface area contributed by atoms with Gasteiger partial charge in [0, 0.05) is 43.6 Å². The molecule has 0 aliphatic carbocycles. The maximum Gasteiger partial charge on any atom is 0.239 e. The van der Waals surface area contributed by atoms with Gasteiger partial charge in [0.05, 0.1) is 0 Å². The number of para-hydroxylation sites is 2. The minimum Gasteiger partial charge on any atom is -0.490 e. The van der Waals surface area contributed by atoms with E-state index < -0.39 is 5.41 Å². The summed E-state index contributed by atoms with van der Waals surface area (Å²) < 4.78 is 6.26. The minimum atomic E-state index is -0.717. The van der Waals surface area contributed by atoms with Crippen molar-refractivity contribution in [1.82, 2.24) is 4.90 Å². The number of anilines is 1. The lowest BCUT2D eigenvalue weighted by molar-refractivity contribution is -0.128. The van der Waals surface area contributed by atoms with Crippen LogP contribution < -0.4 is 10.1 Å². The SMILES string of the molecule is O=C1CCCN1CCC1CC2(C(=O)Nc3ccccc32)c2ccccc2O1. The van der Waals surface area contributed by atoms with Gasteiger partial charge in [0.1, 0.15) is 17.3 Å². The van der Waals surface area contributed by atoms with Gasteiger partial charge >= 0.3 is 0 Å². The van der Waals surface area contributed by atoms with Crippen LogP contribution in [0, 0.1) is 0 Å². The predicted octanol–water partition coefficient (Wildman–Crippen LogP) is 3.09. The molecule has 5 heteroatoms. The van der Waals surface area contributed by atoms with Crippen LogP contribution in [0.3, 0.4) is 0 Å². The van der Waals surface area contributed by atoms with Crippen molar-refractivity contribution in [3.8, 4) is 5.75 Å². The zero-order valence-corrected chi connectivity index (χ0v) is 15.1. The molecule has 0 bridgehead atoms. The van der Waals surface area contributed by atoms with Gasteiger partial charge in [-0.2, -0.15) is 0 Å². The van der Waals surface area contributed by atoms with Crippen molar-refractivity contribution < 1.29 is 14.3 Å². The predicted molar refractivity (Wildman–Crippen MR) is 102 cm³/mol. The maximum absolute atomic E-state index is 13.2. The van der Waals surface area contributed by atoms with Crippen LogP contribution >= 0.6 is 0 Å². The van der Waals surface area contributed by atoms with Crippen molar-refractivity contribution in [2.45, 2.75) is 37.2 Å². The van der Waals surface area contributed by atoms with Crippen molar-refractivity contribution in [3.05, 3.63) is 59.7 Å². The molecule has 138 valence electrons. The van der Waals surface area contributed by atoms with Crippen LogP contribution in [0.2, 0.25) is 0 Å². The van der Waals surface area contributed by atoms with Gasteiger partial charge in [-0.15, -0.1) is 0 Å². The number of rotatable bonds is 3. The minimum absolute atomic E-state index is 0.0155. The van der Waals surface area contributed by atoms with E-state index in [2.05, 4.69) is 5.32 Å². The average molecular weight is 362 g/mol. The van der Waals surface area contributed by atoms with Gasteiger partial charge in [-0.3, -0.25) is 9.59 Å². The van der Waals surface area contributed by atoms with E-state index in [9.17, 15) is 9.59 Å². The van der Waals surface area contributed by atoms with Crippen LogP contribution in [0.25, 0.3) is 0 Å². The van der Waals surface area contributed by atoms with Gasteiger partial charge in [0.15, 0.2) is 0 Å². The molecule has 1 fully saturated rings. The summed E-state index contributed by atoms with van der Waals surface area (Å²) >= 11 is 0. The summed E-state index contributed by atoms with van der Waals surface area (Å²) in [5, 5.41) is 3.06. The zero-order chi connectivity index (χ0) is 18.4. The summed E-state index contributed by atoms with van der Waals surface area (Å²) in [6.45, 7) is 1.52. The quantitative estimate of drug-likeness (QED) is 0.913. The normalized spacial score (nSPS) is 25.9. The highest BCUT2D eigenvalue weighted by Gasteiger charge is 2.53. The third kappa shape index (κ3) is 2.45. The van der Waals surface area contributed by atoms with Crippen molar-refractivity contribution in [2.75, 3.05) is 18.4 Å². The standard InChI is InChI=1S/C22H22N2O3/c25-20-10-5-12-24(20)13-11-15-14-22(17-7-2-4-9-19(17)27-15)16-6-1-3-8-18(16)23-21(22)26/h1-4,6-9,15H,5,10-14H2,(H,23,26). The number of nitrogens with one attached hydrogen (secondary N) is 1. The summed E-state index contributed by atoms with van der Waals surface area (Å²) in [5.41, 5.74) is 2.12. The van der Waals surface area contributed by atoms with E-state index in [-0.39, 0.29) is 17.9 Å². The van der Waals surface area contributed by atoms with E-state index in [1.54, 1.807) is 0 Å². The molecular weight excluding hydrogens is 340 g/mol. The van der Waals surface area contributed by atoms with Gasteiger partial charge in [0.2, 0.25) is 11.8 Å². The van der Waals surface area contributed by atoms with Gasteiger partial charge in [-0.05, 0) is 24.1 Å². The lowest BCUT2D eigenvalue weighted by Gasteiger charge is -2.39. The molecule has 3 aliphatic heterocycles. The summed E-state index contributed by atoms with van der Waals surface area (Å²) in [7, 11) is 0. The Hall–Kier alpha value is -2.82. The number of benzene rings is 2. The molecule has 3 aliphatic rings. The molecule has 2 amide bonds. The third-order valence-corrected chi connectivity index (χ3v) is 6.09. The Kier molecular flexibility index (Phi) is 3.71. The monoisotopic (exact) mass is 362 g/mol. The van der Waals surface area contributed by atoms with Crippen LogP contribution in [0.15, 0.2) is 48.5 Å². The molecule has 5 rings (SSSR count). The van der Waals surface area contributed by atoms with Gasteiger partial charge in [-0.25, -0.2) is 0 Å². The van der Waals surface area contributed by atoms with Crippen LogP contribution in [-0.2, 0) is 15.0 Å². The molecule has 1 spiro atoms. The van der Waals surface area contributed by atoms with E-state index >= 15 is 0 Å². The molecule has 0 saturated carbocycles. The fourth-order valence-corrected chi connectivity index (χ4v) is 4.78. The highest BCUT2D eigenvalue weighted by atomic mass is 16.5. The maximum atomic E-state index is 13.2. The van der Waals surface area contributed by atoms with Crippen molar-refractivity contribution in [1.29, 1.82) is 0 Å². The lowest BCUT2D eigenvalue weighted by Crippen LogP contribution is -2.45. The van der Waals surface area contributed by atoms with Crippen LogP contribution in [0.4, 0.5) is 5.69 Å². The molecule has 0 aromatic heterocycles. The number of hydrogen-bond donors (Lipinski definition) is 1. The second-order valence-corrected chi connectivity index (χ2v) is 7.62. The first kappa shape index (κ1) is 16.4. The van der Waals surface area contributed by atoms with Crippen molar-refractivity contribution in [2.24, 2.45) is 0 Å². The Morgan fingerprint density at radius 2 is 1.85 bits per heavy atom. The van der Waals surface area contributed by atoms with Gasteiger partial charge in [-0.1, -0.05) is 36.4 Å². The third-order valence-electron chi connectivity index (χ3n) is 6.09. The summed E-state index contributed by atoms with van der Waals surface area (Å²) in [5.74, 6) is 1.01. The van der Waals surface area contributed by atoms with E-state index in [0.29, 0.717) is 19.4 Å². The molecule has 1 N–H and O–H groups in total. The van der Waals surface area contributed by atoms with Gasteiger partial charge < -0.3 is 15.0 Å². The van der Waals surface area contributed by atoms with Crippen LogP contribution in [0.5, 0.6) is 5.75 Å². The number of carbonyl (C=O) groups excluding carboxylic acids is 2. The Balaban J connectivity index is 1.51. The fraction of sp³-hybridized carbons (Fsp3) is 0.364. The van der Waals surface area contributed by atoms with Crippen LogP contribution in [0.1, 0.15) is 36.8 Å². The molecule has 3 heterocycles. The summed E-state index contributed by atoms with van der Waals surface area (Å²) in [6.07, 6.45) is 2.80. The number of hydrogen-bond acceptors (Lipinski definition) is 3. The molecule has 0 radical (unpaired) electrons. The smallest absolute Gasteiger partial charge is 0.239 e. The van der Waals surface area contributed by atoms with E-state index in [1.807, 2.05) is 53.4 Å². The summed E-state index contributed by atoms with van der Waals surface area (Å²) in [4.78, 5) is 27.0. The molecular formula is C22H22N2O3. The largest absolute Gasteiger partial charge is 0.490 e. The highest BCUT2D eigenvalue weighted by molar-refractivity contribution is 6.09. The summed E-state index contributed by atoms with van der Waals surface area (Å²) in [6, 6.07) is 15.8. The number of carbonyl (C=O) groups is 2. The Morgan fingerprint density at radius 3 is 2.67 bits per heavy atom. The second-order valence-electron chi connectivity index (χ2n) is 7.62. The second kappa shape index (κ2) is 6.12. The van der Waals surface area contributed by atoms with Crippen molar-refractivity contribution >= 4 is 17.5 Å². The molecule has 1 saturated heterocycles. The highest BCUT2D eigenvalue weighted by Crippen LogP contribution is 2.51. The molecule has 27 heavy (non-hydrogen) atoms. The lowest BCUT2D eigenvalue weighted by atomic mass is 9.69. The number of likely N-dealkylation sites (tertiary alicyclic amines) is 1. The first-order valence-corrected chi connectivity index (χ1v) is 9.63. The number of ether oxygens (including phenoxy) is 1. The number of amides is 2. The zero-order valence-electron chi connectivity index (χ0n) is 15.1. The van der Waals surface area contributed by atoms with E-state index in [0.717, 1.165) is 42.0 Å². The Labute approximate surface area is 158 Å². The molecule has 2 unspecified atom stereocenters. The van der Waals surface area contributed by atoms with Crippen LogP contribution in [-0.4, -0.2) is 35.9 Å². The molecule has 2 aromatic carbocycles. The Bertz CT molecular complexity index is 925. The topological polar surface area (TPSA) is 58.6 Å². The Morgan fingerprint density at radius 1 is 1.07 bits per heavy atom. The van der Waals surface area contributed by atoms with Crippen molar-refractivity contribution in [3.63, 3.8) is 0 Å². The van der Waals surface area contributed by atoms with E-state index in [1.165, 1.54) is 0 Å². The first-order valence-electron chi connectivity index (χ1n) is 9.63. The number of nitrogens with zero attached hydrogens (tertiary/aromatic N) is 1. The first-order chi connectivity index (χ1) is 13.2.